The molecule has 0 bridgehead atoms. The standard InChI is InChI=1S/C14H17NOS/c1-10(2)14-12(9-16)17-13(15-14)8-11-6-4-3-5-7-11/h3-7,10,16H,8-9H2,1-2H3. The van der Waals surface area contributed by atoms with E-state index in [2.05, 4.69) is 31.0 Å². The number of aliphatic hydroxyl groups excluding tert-OH is 1. The predicted molar refractivity (Wildman–Crippen MR) is 71.4 cm³/mol. The highest BCUT2D eigenvalue weighted by Gasteiger charge is 2.13. The zero-order chi connectivity index (χ0) is 12.3. The fraction of sp³-hybridized carbons (Fsp3) is 0.357. The SMILES string of the molecule is CC(C)c1nc(Cc2ccccc2)sc1CO. The lowest BCUT2D eigenvalue weighted by molar-refractivity contribution is 0.283. The summed E-state index contributed by atoms with van der Waals surface area (Å²) in [4.78, 5) is 5.64. The predicted octanol–water partition coefficient (Wildman–Crippen LogP) is 3.35. The Kier molecular flexibility index (Phi) is 3.92. The van der Waals surface area contributed by atoms with Crippen molar-refractivity contribution < 1.29 is 5.11 Å². The van der Waals surface area contributed by atoms with Crippen LogP contribution in [0, 0.1) is 0 Å². The first-order valence-corrected chi connectivity index (χ1v) is 6.65. The molecule has 1 aromatic heterocycles. The number of aromatic nitrogens is 1. The van der Waals surface area contributed by atoms with Gasteiger partial charge in [-0.15, -0.1) is 11.3 Å². The lowest BCUT2D eigenvalue weighted by Crippen LogP contribution is -1.94. The van der Waals surface area contributed by atoms with Crippen LogP contribution in [-0.2, 0) is 13.0 Å². The van der Waals surface area contributed by atoms with Crippen LogP contribution >= 0.6 is 11.3 Å². The molecule has 90 valence electrons. The zero-order valence-electron chi connectivity index (χ0n) is 10.2. The van der Waals surface area contributed by atoms with Crippen molar-refractivity contribution >= 4 is 11.3 Å². The van der Waals surface area contributed by atoms with E-state index >= 15 is 0 Å². The van der Waals surface area contributed by atoms with E-state index in [1.807, 2.05) is 18.2 Å². The Morgan fingerprint density at radius 2 is 1.94 bits per heavy atom. The van der Waals surface area contributed by atoms with Crippen LogP contribution in [0.2, 0.25) is 0 Å². The van der Waals surface area contributed by atoms with Crippen molar-refractivity contribution in [3.8, 4) is 0 Å². The maximum absolute atomic E-state index is 9.32. The molecule has 2 rings (SSSR count). The Bertz CT molecular complexity index is 476. The molecular formula is C14H17NOS. The Labute approximate surface area is 106 Å². The molecule has 0 aliphatic rings. The molecule has 1 N–H and O–H groups in total. The highest BCUT2D eigenvalue weighted by molar-refractivity contribution is 7.11. The van der Waals surface area contributed by atoms with Crippen molar-refractivity contribution in [2.24, 2.45) is 0 Å². The minimum Gasteiger partial charge on any atom is -0.391 e. The number of benzene rings is 1. The maximum atomic E-state index is 9.32. The summed E-state index contributed by atoms with van der Waals surface area (Å²) >= 11 is 1.62. The van der Waals surface area contributed by atoms with Gasteiger partial charge in [0.15, 0.2) is 0 Å². The number of thiazole rings is 1. The van der Waals surface area contributed by atoms with Crippen LogP contribution in [0.25, 0.3) is 0 Å². The van der Waals surface area contributed by atoms with Gasteiger partial charge in [-0.2, -0.15) is 0 Å². The Balaban J connectivity index is 2.23. The first kappa shape index (κ1) is 12.3. The normalized spacial score (nSPS) is 11.1. The zero-order valence-corrected chi connectivity index (χ0v) is 11.0. The van der Waals surface area contributed by atoms with Gasteiger partial charge in [-0.05, 0) is 11.5 Å². The number of nitrogens with zero attached hydrogens (tertiary/aromatic N) is 1. The van der Waals surface area contributed by atoms with Gasteiger partial charge in [-0.25, -0.2) is 4.98 Å². The van der Waals surface area contributed by atoms with Crippen LogP contribution in [0.4, 0.5) is 0 Å². The van der Waals surface area contributed by atoms with Gasteiger partial charge in [0, 0.05) is 6.42 Å². The molecule has 0 aliphatic heterocycles. The maximum Gasteiger partial charge on any atom is 0.0975 e. The molecule has 0 aliphatic carbocycles. The van der Waals surface area contributed by atoms with Crippen molar-refractivity contribution in [2.75, 3.05) is 0 Å². The second-order valence-electron chi connectivity index (χ2n) is 4.39. The Morgan fingerprint density at radius 3 is 2.47 bits per heavy atom. The minimum absolute atomic E-state index is 0.0972. The van der Waals surface area contributed by atoms with Gasteiger partial charge in [0.25, 0.3) is 0 Å². The van der Waals surface area contributed by atoms with Crippen molar-refractivity contribution in [2.45, 2.75) is 32.8 Å². The van der Waals surface area contributed by atoms with Gasteiger partial charge in [0.1, 0.15) is 0 Å². The van der Waals surface area contributed by atoms with Crippen molar-refractivity contribution in [3.63, 3.8) is 0 Å². The average Bonchev–Trinajstić information content (AvgIpc) is 2.73. The monoisotopic (exact) mass is 247 g/mol. The number of hydrogen-bond acceptors (Lipinski definition) is 3. The third-order valence-corrected chi connectivity index (χ3v) is 3.72. The summed E-state index contributed by atoms with van der Waals surface area (Å²) < 4.78 is 0. The molecule has 0 saturated carbocycles. The summed E-state index contributed by atoms with van der Waals surface area (Å²) in [6.07, 6.45) is 0.852. The van der Waals surface area contributed by atoms with Gasteiger partial charge in [-0.3, -0.25) is 0 Å². The third kappa shape index (κ3) is 2.93. The lowest BCUT2D eigenvalue weighted by atomic mass is 10.1. The van der Waals surface area contributed by atoms with Crippen LogP contribution in [0.3, 0.4) is 0 Å². The molecule has 0 unspecified atom stereocenters. The molecule has 0 amide bonds. The molecule has 2 aromatic rings. The number of rotatable bonds is 4. The number of aliphatic hydroxyl groups is 1. The van der Waals surface area contributed by atoms with Crippen molar-refractivity contribution in [1.29, 1.82) is 0 Å². The minimum atomic E-state index is 0.0972. The molecule has 0 spiro atoms. The van der Waals surface area contributed by atoms with E-state index in [0.29, 0.717) is 5.92 Å². The molecule has 0 saturated heterocycles. The summed E-state index contributed by atoms with van der Waals surface area (Å²) in [5, 5.41) is 10.4. The topological polar surface area (TPSA) is 33.1 Å². The highest BCUT2D eigenvalue weighted by atomic mass is 32.1. The molecule has 1 aromatic carbocycles. The molecule has 17 heavy (non-hydrogen) atoms. The Morgan fingerprint density at radius 1 is 1.24 bits per heavy atom. The van der Waals surface area contributed by atoms with E-state index in [1.165, 1.54) is 5.56 Å². The van der Waals surface area contributed by atoms with Gasteiger partial charge in [0.2, 0.25) is 0 Å². The molecule has 2 nitrogen and oxygen atoms in total. The quantitative estimate of drug-likeness (QED) is 0.898. The second-order valence-corrected chi connectivity index (χ2v) is 5.56. The molecule has 3 heteroatoms. The van der Waals surface area contributed by atoms with E-state index in [0.717, 1.165) is 22.0 Å². The first-order valence-electron chi connectivity index (χ1n) is 5.84. The molecular weight excluding hydrogens is 230 g/mol. The summed E-state index contributed by atoms with van der Waals surface area (Å²) in [7, 11) is 0. The summed E-state index contributed by atoms with van der Waals surface area (Å²) in [5.74, 6) is 0.373. The van der Waals surface area contributed by atoms with E-state index in [9.17, 15) is 5.11 Å². The van der Waals surface area contributed by atoms with Crippen LogP contribution in [0.5, 0.6) is 0 Å². The molecule has 0 fully saturated rings. The fourth-order valence-corrected chi connectivity index (χ4v) is 2.94. The second kappa shape index (κ2) is 5.43. The van der Waals surface area contributed by atoms with Gasteiger partial charge < -0.3 is 5.11 Å². The molecule has 0 atom stereocenters. The van der Waals surface area contributed by atoms with Gasteiger partial charge in [-0.1, -0.05) is 44.2 Å². The Hall–Kier alpha value is -1.19. The van der Waals surface area contributed by atoms with E-state index in [1.54, 1.807) is 11.3 Å². The largest absolute Gasteiger partial charge is 0.391 e. The fourth-order valence-electron chi connectivity index (χ4n) is 1.82. The van der Waals surface area contributed by atoms with Gasteiger partial charge >= 0.3 is 0 Å². The van der Waals surface area contributed by atoms with Crippen LogP contribution in [-0.4, -0.2) is 10.1 Å². The molecule has 0 radical (unpaired) electrons. The third-order valence-electron chi connectivity index (χ3n) is 2.66. The summed E-state index contributed by atoms with van der Waals surface area (Å²) in [6, 6.07) is 10.3. The smallest absolute Gasteiger partial charge is 0.0975 e. The summed E-state index contributed by atoms with van der Waals surface area (Å²) in [6.45, 7) is 4.32. The highest BCUT2D eigenvalue weighted by Crippen LogP contribution is 2.26. The van der Waals surface area contributed by atoms with Crippen molar-refractivity contribution in [1.82, 2.24) is 4.98 Å². The molecule has 1 heterocycles. The van der Waals surface area contributed by atoms with Gasteiger partial charge in [0.05, 0.1) is 22.2 Å². The van der Waals surface area contributed by atoms with E-state index < -0.39 is 0 Å². The van der Waals surface area contributed by atoms with Crippen LogP contribution < -0.4 is 0 Å². The van der Waals surface area contributed by atoms with Crippen molar-refractivity contribution in [3.05, 3.63) is 51.5 Å². The summed E-state index contributed by atoms with van der Waals surface area (Å²) in [5.41, 5.74) is 2.31. The lowest BCUT2D eigenvalue weighted by Gasteiger charge is -2.01. The van der Waals surface area contributed by atoms with E-state index in [4.69, 9.17) is 0 Å². The van der Waals surface area contributed by atoms with E-state index in [-0.39, 0.29) is 6.61 Å². The average molecular weight is 247 g/mol. The van der Waals surface area contributed by atoms with Crippen LogP contribution in [0.15, 0.2) is 30.3 Å². The number of hydrogen-bond donors (Lipinski definition) is 1. The van der Waals surface area contributed by atoms with Crippen LogP contribution in [0.1, 0.15) is 40.9 Å². The first-order chi connectivity index (χ1) is 8.20.